The Morgan fingerprint density at radius 3 is 2.54 bits per heavy atom. The molecule has 0 radical (unpaired) electrons. The van der Waals surface area contributed by atoms with Crippen molar-refractivity contribution in [3.8, 4) is 23.1 Å². The first-order chi connectivity index (χ1) is 13.6. The highest BCUT2D eigenvalue weighted by molar-refractivity contribution is 5.77. The summed E-state index contributed by atoms with van der Waals surface area (Å²) >= 11 is 0. The number of ether oxygens (including phenoxy) is 2. The quantitative estimate of drug-likeness (QED) is 0.630. The lowest BCUT2D eigenvalue weighted by atomic mass is 10.3. The van der Waals surface area contributed by atoms with E-state index in [0.29, 0.717) is 35.4 Å². The molecule has 150 valence electrons. The van der Waals surface area contributed by atoms with E-state index in [-0.39, 0.29) is 6.04 Å². The maximum absolute atomic E-state index is 5.84. The van der Waals surface area contributed by atoms with Crippen molar-refractivity contribution < 1.29 is 13.9 Å². The molecule has 3 aromatic rings. The maximum atomic E-state index is 5.84. The fraction of sp³-hybridized carbons (Fsp3) is 0.455. The summed E-state index contributed by atoms with van der Waals surface area (Å²) in [6.07, 6.45) is 5.44. The van der Waals surface area contributed by atoms with Crippen LogP contribution in [0.25, 0.3) is 22.7 Å². The second kappa shape index (κ2) is 9.55. The van der Waals surface area contributed by atoms with E-state index in [9.17, 15) is 0 Å². The molecule has 2 heterocycles. The van der Waals surface area contributed by atoms with Gasteiger partial charge in [0.2, 0.25) is 5.89 Å². The van der Waals surface area contributed by atoms with Gasteiger partial charge in [-0.25, -0.2) is 9.97 Å². The Kier molecular flexibility index (Phi) is 6.87. The number of aromatic nitrogens is 2. The van der Waals surface area contributed by atoms with E-state index in [1.807, 2.05) is 37.3 Å². The van der Waals surface area contributed by atoms with Crippen LogP contribution in [0.1, 0.15) is 40.0 Å². The first kappa shape index (κ1) is 20.1. The second-order valence-corrected chi connectivity index (χ2v) is 7.28. The van der Waals surface area contributed by atoms with Crippen LogP contribution in [0.5, 0.6) is 11.5 Å². The standard InChI is InChI=1S/C19H21N3O3.C3H8/c1-12(20)10-23-15-5-7-17(21-9-15)19-22-16-6-4-14(8-18(16)25-19)24-11-13-2-3-13;1-3-2/h4-9,12-13H,2-3,10-11,20H2,1H3;3H2,1-2H3/t12-;/m0./s1. The molecule has 0 saturated heterocycles. The predicted octanol–water partition coefficient (Wildman–Crippen LogP) is 4.82. The minimum atomic E-state index is -0.0203. The molecule has 1 atom stereocenters. The Bertz CT molecular complexity index is 870. The van der Waals surface area contributed by atoms with Crippen molar-refractivity contribution in [2.75, 3.05) is 13.2 Å². The molecule has 0 unspecified atom stereocenters. The van der Waals surface area contributed by atoms with Gasteiger partial charge in [-0.15, -0.1) is 0 Å². The third kappa shape index (κ3) is 5.70. The van der Waals surface area contributed by atoms with Crippen molar-refractivity contribution in [2.45, 2.75) is 46.1 Å². The van der Waals surface area contributed by atoms with Crippen LogP contribution in [0.15, 0.2) is 40.9 Å². The number of rotatable bonds is 7. The molecule has 1 saturated carbocycles. The van der Waals surface area contributed by atoms with Crippen LogP contribution in [0, 0.1) is 5.92 Å². The van der Waals surface area contributed by atoms with Gasteiger partial charge in [0.15, 0.2) is 5.58 Å². The van der Waals surface area contributed by atoms with Crippen LogP contribution in [-0.4, -0.2) is 29.2 Å². The summed E-state index contributed by atoms with van der Waals surface area (Å²) in [6, 6.07) is 9.36. The highest BCUT2D eigenvalue weighted by atomic mass is 16.5. The van der Waals surface area contributed by atoms with Gasteiger partial charge in [-0.1, -0.05) is 20.3 Å². The van der Waals surface area contributed by atoms with Crippen LogP contribution >= 0.6 is 0 Å². The normalized spacial score (nSPS) is 14.3. The molecule has 0 aliphatic heterocycles. The Hall–Kier alpha value is -2.60. The van der Waals surface area contributed by atoms with Gasteiger partial charge >= 0.3 is 0 Å². The van der Waals surface area contributed by atoms with E-state index < -0.39 is 0 Å². The van der Waals surface area contributed by atoms with E-state index in [0.717, 1.165) is 17.9 Å². The summed E-state index contributed by atoms with van der Waals surface area (Å²) in [5.41, 5.74) is 7.82. The molecular weight excluding hydrogens is 354 g/mol. The predicted molar refractivity (Wildman–Crippen MR) is 111 cm³/mol. The average Bonchev–Trinajstić information content (AvgIpc) is 3.42. The van der Waals surface area contributed by atoms with E-state index in [2.05, 4.69) is 23.8 Å². The molecule has 6 nitrogen and oxygen atoms in total. The molecule has 0 spiro atoms. The smallest absolute Gasteiger partial charge is 0.246 e. The highest BCUT2D eigenvalue weighted by Gasteiger charge is 2.22. The maximum Gasteiger partial charge on any atom is 0.246 e. The van der Waals surface area contributed by atoms with Gasteiger partial charge in [-0.3, -0.25) is 0 Å². The largest absolute Gasteiger partial charge is 0.493 e. The van der Waals surface area contributed by atoms with Gasteiger partial charge in [0.05, 0.1) is 12.8 Å². The number of benzene rings is 1. The van der Waals surface area contributed by atoms with Crippen LogP contribution in [0.4, 0.5) is 0 Å². The minimum Gasteiger partial charge on any atom is -0.493 e. The number of nitrogens with two attached hydrogens (primary N) is 1. The monoisotopic (exact) mass is 383 g/mol. The van der Waals surface area contributed by atoms with Crippen molar-refractivity contribution in [2.24, 2.45) is 11.7 Å². The van der Waals surface area contributed by atoms with Gasteiger partial charge in [0.1, 0.15) is 29.3 Å². The van der Waals surface area contributed by atoms with Crippen LogP contribution in [0.2, 0.25) is 0 Å². The summed E-state index contributed by atoms with van der Waals surface area (Å²) in [7, 11) is 0. The first-order valence-electron chi connectivity index (χ1n) is 9.97. The Morgan fingerprint density at radius 2 is 1.89 bits per heavy atom. The van der Waals surface area contributed by atoms with Gasteiger partial charge in [-0.2, -0.15) is 0 Å². The summed E-state index contributed by atoms with van der Waals surface area (Å²) in [5.74, 6) is 2.68. The van der Waals surface area contributed by atoms with Crippen molar-refractivity contribution >= 4 is 11.1 Å². The summed E-state index contributed by atoms with van der Waals surface area (Å²) in [5, 5.41) is 0. The van der Waals surface area contributed by atoms with Gasteiger partial charge in [0, 0.05) is 12.1 Å². The lowest BCUT2D eigenvalue weighted by molar-refractivity contribution is 0.295. The van der Waals surface area contributed by atoms with Crippen molar-refractivity contribution in [1.29, 1.82) is 0 Å². The minimum absolute atomic E-state index is 0.0203. The number of hydrogen-bond acceptors (Lipinski definition) is 6. The zero-order chi connectivity index (χ0) is 19.9. The van der Waals surface area contributed by atoms with Crippen molar-refractivity contribution in [3.05, 3.63) is 36.5 Å². The van der Waals surface area contributed by atoms with E-state index in [4.69, 9.17) is 19.6 Å². The van der Waals surface area contributed by atoms with Crippen LogP contribution in [0.3, 0.4) is 0 Å². The highest BCUT2D eigenvalue weighted by Crippen LogP contribution is 2.31. The summed E-state index contributed by atoms with van der Waals surface area (Å²) < 4.78 is 17.2. The molecule has 1 aliphatic rings. The number of pyridine rings is 1. The van der Waals surface area contributed by atoms with E-state index in [1.54, 1.807) is 6.20 Å². The van der Waals surface area contributed by atoms with Crippen molar-refractivity contribution in [3.63, 3.8) is 0 Å². The molecule has 4 rings (SSSR count). The summed E-state index contributed by atoms with van der Waals surface area (Å²) in [6.45, 7) is 7.37. The van der Waals surface area contributed by atoms with Gasteiger partial charge in [0.25, 0.3) is 0 Å². The van der Waals surface area contributed by atoms with Gasteiger partial charge in [-0.05, 0) is 49.9 Å². The van der Waals surface area contributed by atoms with Gasteiger partial charge < -0.3 is 19.6 Å². The number of hydrogen-bond donors (Lipinski definition) is 1. The number of fused-ring (bicyclic) bond motifs is 1. The van der Waals surface area contributed by atoms with Crippen LogP contribution in [-0.2, 0) is 0 Å². The number of oxazole rings is 1. The van der Waals surface area contributed by atoms with Crippen molar-refractivity contribution in [1.82, 2.24) is 9.97 Å². The second-order valence-electron chi connectivity index (χ2n) is 7.28. The third-order valence-corrected chi connectivity index (χ3v) is 4.01. The molecule has 28 heavy (non-hydrogen) atoms. The molecule has 2 N–H and O–H groups in total. The first-order valence-corrected chi connectivity index (χ1v) is 9.97. The van der Waals surface area contributed by atoms with E-state index >= 15 is 0 Å². The molecule has 1 fully saturated rings. The Balaban J connectivity index is 0.000000706. The molecule has 0 bridgehead atoms. The molecular formula is C22H29N3O3. The topological polar surface area (TPSA) is 83.4 Å². The summed E-state index contributed by atoms with van der Waals surface area (Å²) in [4.78, 5) is 8.85. The lowest BCUT2D eigenvalue weighted by Crippen LogP contribution is -2.23. The fourth-order valence-corrected chi connectivity index (χ4v) is 2.42. The molecule has 1 aromatic carbocycles. The third-order valence-electron chi connectivity index (χ3n) is 4.01. The lowest BCUT2D eigenvalue weighted by Gasteiger charge is -2.07. The molecule has 6 heteroatoms. The molecule has 2 aromatic heterocycles. The molecule has 0 amide bonds. The Morgan fingerprint density at radius 1 is 1.14 bits per heavy atom. The van der Waals surface area contributed by atoms with Crippen LogP contribution < -0.4 is 15.2 Å². The average molecular weight is 383 g/mol. The van der Waals surface area contributed by atoms with E-state index in [1.165, 1.54) is 19.3 Å². The number of nitrogens with zero attached hydrogens (tertiary/aromatic N) is 2. The fourth-order valence-electron chi connectivity index (χ4n) is 2.42. The molecule has 1 aliphatic carbocycles. The zero-order valence-corrected chi connectivity index (χ0v) is 16.9. The Labute approximate surface area is 166 Å². The zero-order valence-electron chi connectivity index (χ0n) is 16.9. The SMILES string of the molecule is CCC.C[C@H](N)COc1ccc(-c2nc3ccc(OCC4CC4)cc3o2)nc1.